The Labute approximate surface area is 126 Å². The number of nitrogens with zero attached hydrogens (tertiary/aromatic N) is 1. The van der Waals surface area contributed by atoms with Gasteiger partial charge in [-0.3, -0.25) is 4.90 Å². The van der Waals surface area contributed by atoms with Crippen LogP contribution in [0.4, 0.5) is 0 Å². The van der Waals surface area contributed by atoms with E-state index in [2.05, 4.69) is 18.7 Å². The van der Waals surface area contributed by atoms with E-state index in [4.69, 9.17) is 9.47 Å². The molecule has 21 heavy (non-hydrogen) atoms. The molecule has 0 spiro atoms. The molecule has 2 atom stereocenters. The van der Waals surface area contributed by atoms with Crippen molar-refractivity contribution >= 4 is 5.97 Å². The average molecular weight is 289 g/mol. The molecular weight excluding hydrogens is 266 g/mol. The SMILES string of the molecule is CC(C)(COC(=O)c1ccccc1)N1C[C@@H]2CC[C@@H](C1)O2. The Bertz CT molecular complexity index is 488. The molecule has 2 aliphatic heterocycles. The van der Waals surface area contributed by atoms with Gasteiger partial charge in [0.1, 0.15) is 6.61 Å². The number of carbonyl (C=O) groups excluding carboxylic acids is 1. The number of hydrogen-bond acceptors (Lipinski definition) is 4. The van der Waals surface area contributed by atoms with Crippen molar-refractivity contribution in [1.82, 2.24) is 4.90 Å². The van der Waals surface area contributed by atoms with Crippen molar-refractivity contribution < 1.29 is 14.3 Å². The molecule has 4 nitrogen and oxygen atoms in total. The second-order valence-electron chi connectivity index (χ2n) is 6.62. The van der Waals surface area contributed by atoms with Crippen LogP contribution in [0, 0.1) is 0 Å². The van der Waals surface area contributed by atoms with Gasteiger partial charge in [0, 0.05) is 18.6 Å². The van der Waals surface area contributed by atoms with Crippen LogP contribution < -0.4 is 0 Å². The highest BCUT2D eigenvalue weighted by Gasteiger charge is 2.40. The summed E-state index contributed by atoms with van der Waals surface area (Å²) in [5.41, 5.74) is 0.449. The van der Waals surface area contributed by atoms with Gasteiger partial charge < -0.3 is 9.47 Å². The molecule has 0 unspecified atom stereocenters. The highest BCUT2D eigenvalue weighted by atomic mass is 16.5. The summed E-state index contributed by atoms with van der Waals surface area (Å²) in [6.45, 7) is 6.55. The average Bonchev–Trinajstić information content (AvgIpc) is 2.84. The maximum Gasteiger partial charge on any atom is 0.338 e. The molecule has 114 valence electrons. The predicted octanol–water partition coefficient (Wildman–Crippen LogP) is 2.49. The zero-order valence-corrected chi connectivity index (χ0v) is 12.7. The van der Waals surface area contributed by atoms with Crippen LogP contribution in [0.5, 0.6) is 0 Å². The number of ether oxygens (including phenoxy) is 2. The second kappa shape index (κ2) is 5.78. The van der Waals surface area contributed by atoms with Gasteiger partial charge >= 0.3 is 5.97 Å². The predicted molar refractivity (Wildman–Crippen MR) is 80.3 cm³/mol. The number of hydrogen-bond donors (Lipinski definition) is 0. The number of morpholine rings is 1. The van der Waals surface area contributed by atoms with Crippen LogP contribution in [0.15, 0.2) is 30.3 Å². The Kier molecular flexibility index (Phi) is 4.00. The molecule has 1 aromatic carbocycles. The molecule has 0 saturated carbocycles. The number of fused-ring (bicyclic) bond motifs is 2. The molecule has 2 heterocycles. The van der Waals surface area contributed by atoms with Crippen molar-refractivity contribution in [1.29, 1.82) is 0 Å². The van der Waals surface area contributed by atoms with Crippen molar-refractivity contribution in [3.63, 3.8) is 0 Å². The van der Waals surface area contributed by atoms with E-state index in [0.29, 0.717) is 24.4 Å². The number of carbonyl (C=O) groups is 1. The fourth-order valence-electron chi connectivity index (χ4n) is 3.10. The maximum atomic E-state index is 12.0. The summed E-state index contributed by atoms with van der Waals surface area (Å²) in [4.78, 5) is 14.4. The first-order chi connectivity index (χ1) is 10.0. The Balaban J connectivity index is 1.57. The van der Waals surface area contributed by atoms with Crippen molar-refractivity contribution in [2.24, 2.45) is 0 Å². The van der Waals surface area contributed by atoms with E-state index in [-0.39, 0.29) is 11.5 Å². The first-order valence-corrected chi connectivity index (χ1v) is 7.67. The molecule has 1 aromatic rings. The molecule has 2 aliphatic rings. The van der Waals surface area contributed by atoms with Crippen LogP contribution in [0.1, 0.15) is 37.0 Å². The van der Waals surface area contributed by atoms with E-state index in [1.165, 1.54) is 0 Å². The summed E-state index contributed by atoms with van der Waals surface area (Å²) < 4.78 is 11.4. The van der Waals surface area contributed by atoms with Crippen molar-refractivity contribution in [2.75, 3.05) is 19.7 Å². The normalized spacial score (nSPS) is 25.8. The topological polar surface area (TPSA) is 38.8 Å². The first kappa shape index (κ1) is 14.5. The van der Waals surface area contributed by atoms with Gasteiger partial charge in [0.25, 0.3) is 0 Å². The van der Waals surface area contributed by atoms with Crippen molar-refractivity contribution in [3.8, 4) is 0 Å². The fraction of sp³-hybridized carbons (Fsp3) is 0.588. The van der Waals surface area contributed by atoms with Crippen molar-refractivity contribution in [2.45, 2.75) is 44.4 Å². The quantitative estimate of drug-likeness (QED) is 0.798. The maximum absolute atomic E-state index is 12.0. The Morgan fingerprint density at radius 1 is 1.24 bits per heavy atom. The van der Waals surface area contributed by atoms with Gasteiger partial charge in [-0.15, -0.1) is 0 Å². The molecule has 0 N–H and O–H groups in total. The molecule has 0 radical (unpaired) electrons. The van der Waals surface area contributed by atoms with Crippen LogP contribution in [0.3, 0.4) is 0 Å². The van der Waals surface area contributed by atoms with Gasteiger partial charge in [0.15, 0.2) is 0 Å². The van der Waals surface area contributed by atoms with Gasteiger partial charge in [0.2, 0.25) is 0 Å². The van der Waals surface area contributed by atoms with Crippen LogP contribution in [0.2, 0.25) is 0 Å². The molecule has 2 saturated heterocycles. The largest absolute Gasteiger partial charge is 0.460 e. The minimum atomic E-state index is -0.250. The van der Waals surface area contributed by atoms with E-state index >= 15 is 0 Å². The molecule has 3 rings (SSSR count). The molecule has 2 fully saturated rings. The van der Waals surface area contributed by atoms with E-state index in [1.807, 2.05) is 18.2 Å². The number of likely N-dealkylation sites (tertiary alicyclic amines) is 1. The Morgan fingerprint density at radius 2 is 1.86 bits per heavy atom. The van der Waals surface area contributed by atoms with Gasteiger partial charge in [-0.05, 0) is 38.8 Å². The lowest BCUT2D eigenvalue weighted by molar-refractivity contribution is -0.0831. The van der Waals surface area contributed by atoms with E-state index in [1.54, 1.807) is 12.1 Å². The van der Waals surface area contributed by atoms with Crippen LogP contribution in [0.25, 0.3) is 0 Å². The summed E-state index contributed by atoms with van der Waals surface area (Å²) in [5, 5.41) is 0. The summed E-state index contributed by atoms with van der Waals surface area (Å²) in [7, 11) is 0. The number of rotatable bonds is 4. The lowest BCUT2D eigenvalue weighted by Crippen LogP contribution is -2.55. The third-order valence-corrected chi connectivity index (χ3v) is 4.47. The molecule has 0 aliphatic carbocycles. The Hall–Kier alpha value is -1.39. The standard InChI is InChI=1S/C17H23NO3/c1-17(2,18-10-14-8-9-15(11-18)21-14)12-20-16(19)13-6-4-3-5-7-13/h3-7,14-15H,8-12H2,1-2H3/t14-,15-/m0/s1. The lowest BCUT2D eigenvalue weighted by Gasteiger charge is -2.42. The lowest BCUT2D eigenvalue weighted by atomic mass is 10.0. The summed E-state index contributed by atoms with van der Waals surface area (Å²) in [5.74, 6) is -0.250. The minimum absolute atomic E-state index is 0.158. The molecular formula is C17H23NO3. The van der Waals surface area contributed by atoms with E-state index in [0.717, 1.165) is 25.9 Å². The molecule has 0 amide bonds. The summed E-state index contributed by atoms with van der Waals surface area (Å²) in [6.07, 6.45) is 3.02. The first-order valence-electron chi connectivity index (χ1n) is 7.67. The smallest absolute Gasteiger partial charge is 0.338 e. The highest BCUT2D eigenvalue weighted by Crippen LogP contribution is 2.30. The highest BCUT2D eigenvalue weighted by molar-refractivity contribution is 5.89. The zero-order chi connectivity index (χ0) is 14.9. The molecule has 0 aromatic heterocycles. The number of esters is 1. The minimum Gasteiger partial charge on any atom is -0.460 e. The summed E-state index contributed by atoms with van der Waals surface area (Å²) in [6, 6.07) is 9.15. The van der Waals surface area contributed by atoms with Crippen molar-refractivity contribution in [3.05, 3.63) is 35.9 Å². The van der Waals surface area contributed by atoms with Crippen LogP contribution >= 0.6 is 0 Å². The molecule has 2 bridgehead atoms. The van der Waals surface area contributed by atoms with Gasteiger partial charge in [0.05, 0.1) is 17.8 Å². The Morgan fingerprint density at radius 3 is 2.48 bits per heavy atom. The van der Waals surface area contributed by atoms with E-state index < -0.39 is 0 Å². The van der Waals surface area contributed by atoms with E-state index in [9.17, 15) is 4.79 Å². The monoisotopic (exact) mass is 289 g/mol. The second-order valence-corrected chi connectivity index (χ2v) is 6.62. The third kappa shape index (κ3) is 3.27. The number of benzene rings is 1. The van der Waals surface area contributed by atoms with Crippen LogP contribution in [-0.2, 0) is 9.47 Å². The third-order valence-electron chi connectivity index (χ3n) is 4.47. The van der Waals surface area contributed by atoms with Gasteiger partial charge in [-0.25, -0.2) is 4.79 Å². The molecule has 4 heteroatoms. The van der Waals surface area contributed by atoms with Gasteiger partial charge in [-0.1, -0.05) is 18.2 Å². The zero-order valence-electron chi connectivity index (χ0n) is 12.7. The fourth-order valence-corrected chi connectivity index (χ4v) is 3.10. The van der Waals surface area contributed by atoms with Gasteiger partial charge in [-0.2, -0.15) is 0 Å². The summed E-state index contributed by atoms with van der Waals surface area (Å²) >= 11 is 0. The van der Waals surface area contributed by atoms with Crippen LogP contribution in [-0.4, -0.2) is 48.3 Å².